The van der Waals surface area contributed by atoms with Crippen molar-refractivity contribution in [2.24, 2.45) is 5.73 Å². The molecule has 0 radical (unpaired) electrons. The zero-order valence-electron chi connectivity index (χ0n) is 10.5. The standard InChI is InChI=1S/C15H16N2O2/c16-10-9-11-3-1-2-4-14(11)15(19)17-12-5-7-13(18)8-6-12/h1-8,18H,9-10,16H2,(H,17,19). The van der Waals surface area contributed by atoms with Gasteiger partial charge >= 0.3 is 0 Å². The molecule has 0 aliphatic heterocycles. The first-order valence-electron chi connectivity index (χ1n) is 6.09. The van der Waals surface area contributed by atoms with Crippen molar-refractivity contribution in [2.75, 3.05) is 11.9 Å². The molecule has 0 fully saturated rings. The smallest absolute Gasteiger partial charge is 0.255 e. The Kier molecular flexibility index (Phi) is 4.15. The minimum Gasteiger partial charge on any atom is -0.508 e. The number of carbonyl (C=O) groups is 1. The van der Waals surface area contributed by atoms with Crippen molar-refractivity contribution in [1.29, 1.82) is 0 Å². The molecule has 0 unspecified atom stereocenters. The van der Waals surface area contributed by atoms with Gasteiger partial charge in [-0.3, -0.25) is 4.79 Å². The molecule has 2 rings (SSSR count). The molecule has 0 aliphatic carbocycles. The van der Waals surface area contributed by atoms with Crippen molar-refractivity contribution in [1.82, 2.24) is 0 Å². The molecule has 2 aromatic rings. The van der Waals surface area contributed by atoms with E-state index in [2.05, 4.69) is 5.32 Å². The van der Waals surface area contributed by atoms with Crippen molar-refractivity contribution in [3.63, 3.8) is 0 Å². The van der Waals surface area contributed by atoms with Crippen LogP contribution in [-0.2, 0) is 6.42 Å². The Labute approximate surface area is 111 Å². The highest BCUT2D eigenvalue weighted by Gasteiger charge is 2.10. The van der Waals surface area contributed by atoms with Crippen molar-refractivity contribution in [3.8, 4) is 5.75 Å². The van der Waals surface area contributed by atoms with Crippen LogP contribution in [0.15, 0.2) is 48.5 Å². The maximum atomic E-state index is 12.2. The molecule has 0 spiro atoms. The highest BCUT2D eigenvalue weighted by molar-refractivity contribution is 6.05. The third-order valence-corrected chi connectivity index (χ3v) is 2.80. The number of nitrogens with two attached hydrogens (primary N) is 1. The molecular formula is C15H16N2O2. The number of amides is 1. The molecule has 0 saturated heterocycles. The summed E-state index contributed by atoms with van der Waals surface area (Å²) in [4.78, 5) is 12.2. The van der Waals surface area contributed by atoms with Gasteiger partial charge in [0.05, 0.1) is 0 Å². The molecule has 0 aromatic heterocycles. The van der Waals surface area contributed by atoms with Crippen molar-refractivity contribution in [3.05, 3.63) is 59.7 Å². The van der Waals surface area contributed by atoms with Gasteiger partial charge in [0.25, 0.3) is 5.91 Å². The number of benzene rings is 2. The summed E-state index contributed by atoms with van der Waals surface area (Å²) in [6, 6.07) is 13.8. The van der Waals surface area contributed by atoms with Crippen LogP contribution in [0.5, 0.6) is 5.75 Å². The van der Waals surface area contributed by atoms with E-state index < -0.39 is 0 Å². The highest BCUT2D eigenvalue weighted by atomic mass is 16.3. The van der Waals surface area contributed by atoms with Gasteiger partial charge in [0.1, 0.15) is 5.75 Å². The van der Waals surface area contributed by atoms with Gasteiger partial charge in [0.15, 0.2) is 0 Å². The second-order valence-electron chi connectivity index (χ2n) is 4.20. The molecule has 19 heavy (non-hydrogen) atoms. The Balaban J connectivity index is 2.18. The van der Waals surface area contributed by atoms with E-state index in [0.29, 0.717) is 24.2 Å². The van der Waals surface area contributed by atoms with Crippen LogP contribution in [0.2, 0.25) is 0 Å². The summed E-state index contributed by atoms with van der Waals surface area (Å²) in [5.41, 5.74) is 7.74. The van der Waals surface area contributed by atoms with Gasteiger partial charge in [-0.1, -0.05) is 18.2 Å². The molecule has 98 valence electrons. The van der Waals surface area contributed by atoms with E-state index in [4.69, 9.17) is 5.73 Å². The van der Waals surface area contributed by atoms with E-state index in [1.807, 2.05) is 18.2 Å². The quantitative estimate of drug-likeness (QED) is 0.734. The SMILES string of the molecule is NCCc1ccccc1C(=O)Nc1ccc(O)cc1. The highest BCUT2D eigenvalue weighted by Crippen LogP contribution is 2.16. The second-order valence-corrected chi connectivity index (χ2v) is 4.20. The molecule has 4 heteroatoms. The fourth-order valence-corrected chi connectivity index (χ4v) is 1.86. The number of aromatic hydroxyl groups is 1. The lowest BCUT2D eigenvalue weighted by Crippen LogP contribution is -2.15. The van der Waals surface area contributed by atoms with Crippen LogP contribution < -0.4 is 11.1 Å². The van der Waals surface area contributed by atoms with Crippen LogP contribution in [0, 0.1) is 0 Å². The predicted octanol–water partition coefficient (Wildman–Crippen LogP) is 2.15. The summed E-state index contributed by atoms with van der Waals surface area (Å²) in [7, 11) is 0. The Morgan fingerprint density at radius 2 is 1.79 bits per heavy atom. The molecule has 4 nitrogen and oxygen atoms in total. The minimum absolute atomic E-state index is 0.168. The van der Waals surface area contributed by atoms with Gasteiger partial charge in [-0.25, -0.2) is 0 Å². The summed E-state index contributed by atoms with van der Waals surface area (Å²) in [6.45, 7) is 0.503. The number of carbonyl (C=O) groups excluding carboxylic acids is 1. The third kappa shape index (κ3) is 3.33. The lowest BCUT2D eigenvalue weighted by molar-refractivity contribution is 0.102. The maximum Gasteiger partial charge on any atom is 0.255 e. The summed E-state index contributed by atoms with van der Waals surface area (Å²) in [5.74, 6) is -0.00345. The number of phenolic OH excluding ortho intramolecular Hbond substituents is 1. The van der Waals surface area contributed by atoms with Crippen LogP contribution in [0.25, 0.3) is 0 Å². The fourth-order valence-electron chi connectivity index (χ4n) is 1.86. The molecule has 0 aliphatic rings. The van der Waals surface area contributed by atoms with E-state index in [-0.39, 0.29) is 11.7 Å². The minimum atomic E-state index is -0.172. The summed E-state index contributed by atoms with van der Waals surface area (Å²) in [6.07, 6.45) is 0.666. The Morgan fingerprint density at radius 1 is 1.11 bits per heavy atom. The number of phenols is 1. The molecule has 1 amide bonds. The van der Waals surface area contributed by atoms with Gasteiger partial charge < -0.3 is 16.2 Å². The molecular weight excluding hydrogens is 240 g/mol. The topological polar surface area (TPSA) is 75.4 Å². The predicted molar refractivity (Wildman–Crippen MR) is 75.3 cm³/mol. The fraction of sp³-hybridized carbons (Fsp3) is 0.133. The van der Waals surface area contributed by atoms with Gasteiger partial charge in [-0.15, -0.1) is 0 Å². The number of hydrogen-bond donors (Lipinski definition) is 3. The van der Waals surface area contributed by atoms with Crippen molar-refractivity contribution >= 4 is 11.6 Å². The van der Waals surface area contributed by atoms with Crippen LogP contribution in [0.3, 0.4) is 0 Å². The molecule has 0 saturated carbocycles. The van der Waals surface area contributed by atoms with Crippen molar-refractivity contribution < 1.29 is 9.90 Å². The largest absolute Gasteiger partial charge is 0.508 e. The Morgan fingerprint density at radius 3 is 2.47 bits per heavy atom. The van der Waals surface area contributed by atoms with Crippen LogP contribution in [0.1, 0.15) is 15.9 Å². The van der Waals surface area contributed by atoms with Crippen molar-refractivity contribution in [2.45, 2.75) is 6.42 Å². The van der Waals surface area contributed by atoms with E-state index in [1.165, 1.54) is 12.1 Å². The zero-order valence-corrected chi connectivity index (χ0v) is 10.5. The van der Waals surface area contributed by atoms with E-state index in [0.717, 1.165) is 5.56 Å². The third-order valence-electron chi connectivity index (χ3n) is 2.80. The molecule has 4 N–H and O–H groups in total. The number of hydrogen-bond acceptors (Lipinski definition) is 3. The van der Waals surface area contributed by atoms with E-state index >= 15 is 0 Å². The normalized spacial score (nSPS) is 10.2. The van der Waals surface area contributed by atoms with Gasteiger partial charge in [0, 0.05) is 11.3 Å². The maximum absolute atomic E-state index is 12.2. The summed E-state index contributed by atoms with van der Waals surface area (Å²) >= 11 is 0. The molecule has 0 heterocycles. The molecule has 2 aromatic carbocycles. The molecule has 0 bridgehead atoms. The van der Waals surface area contributed by atoms with Gasteiger partial charge in [-0.05, 0) is 48.9 Å². The number of anilines is 1. The average Bonchev–Trinajstić information content (AvgIpc) is 2.42. The summed E-state index contributed by atoms with van der Waals surface area (Å²) in [5, 5.41) is 12.0. The second kappa shape index (κ2) is 6.02. The monoisotopic (exact) mass is 256 g/mol. The lowest BCUT2D eigenvalue weighted by atomic mass is 10.0. The first kappa shape index (κ1) is 13.1. The van der Waals surface area contributed by atoms with Gasteiger partial charge in [-0.2, -0.15) is 0 Å². The van der Waals surface area contributed by atoms with E-state index in [1.54, 1.807) is 18.2 Å². The van der Waals surface area contributed by atoms with Crippen LogP contribution >= 0.6 is 0 Å². The van der Waals surface area contributed by atoms with Crippen LogP contribution in [-0.4, -0.2) is 17.6 Å². The van der Waals surface area contributed by atoms with Gasteiger partial charge in [0.2, 0.25) is 0 Å². The number of rotatable bonds is 4. The summed E-state index contributed by atoms with van der Waals surface area (Å²) < 4.78 is 0. The first-order valence-corrected chi connectivity index (χ1v) is 6.09. The average molecular weight is 256 g/mol. The molecule has 0 atom stereocenters. The number of nitrogens with one attached hydrogen (secondary N) is 1. The lowest BCUT2D eigenvalue weighted by Gasteiger charge is -2.09. The van der Waals surface area contributed by atoms with E-state index in [9.17, 15) is 9.90 Å². The first-order chi connectivity index (χ1) is 9.20. The zero-order chi connectivity index (χ0) is 13.7. The Bertz CT molecular complexity index is 565. The Hall–Kier alpha value is -2.33. The van der Waals surface area contributed by atoms with Crippen LogP contribution in [0.4, 0.5) is 5.69 Å².